The van der Waals surface area contributed by atoms with Crippen LogP contribution < -0.4 is 5.32 Å². The SMILES string of the molecule is CC1=C(c2ccc([N+](=O)[O-])o2)SC(NC(=O)c2ccccc2)N1C. The Morgan fingerprint density at radius 1 is 1.29 bits per heavy atom. The number of nitrogens with one attached hydrogen (secondary N) is 1. The van der Waals surface area contributed by atoms with Gasteiger partial charge in [-0.05, 0) is 25.1 Å². The maximum absolute atomic E-state index is 12.3. The van der Waals surface area contributed by atoms with Crippen molar-refractivity contribution in [1.82, 2.24) is 10.2 Å². The Hall–Kier alpha value is -2.74. The van der Waals surface area contributed by atoms with E-state index in [1.165, 1.54) is 17.8 Å². The van der Waals surface area contributed by atoms with E-state index in [9.17, 15) is 14.9 Å². The number of carbonyl (C=O) groups is 1. The van der Waals surface area contributed by atoms with Crippen LogP contribution in [-0.2, 0) is 0 Å². The maximum atomic E-state index is 12.3. The average Bonchev–Trinajstić information content (AvgIpc) is 3.16. The molecule has 0 spiro atoms. The van der Waals surface area contributed by atoms with Gasteiger partial charge in [0.1, 0.15) is 10.7 Å². The molecule has 124 valence electrons. The van der Waals surface area contributed by atoms with E-state index in [0.29, 0.717) is 11.3 Å². The summed E-state index contributed by atoms with van der Waals surface area (Å²) >= 11 is 1.39. The molecule has 24 heavy (non-hydrogen) atoms. The quantitative estimate of drug-likeness (QED) is 0.676. The van der Waals surface area contributed by atoms with Gasteiger partial charge in [-0.25, -0.2) is 0 Å². The van der Waals surface area contributed by atoms with Gasteiger partial charge in [0.15, 0.2) is 5.50 Å². The molecule has 7 nitrogen and oxygen atoms in total. The van der Waals surface area contributed by atoms with Crippen LogP contribution >= 0.6 is 11.8 Å². The fourth-order valence-corrected chi connectivity index (χ4v) is 3.55. The summed E-state index contributed by atoms with van der Waals surface area (Å²) in [7, 11) is 1.85. The van der Waals surface area contributed by atoms with Crippen LogP contribution in [0.4, 0.5) is 5.88 Å². The minimum atomic E-state index is -0.572. The fourth-order valence-electron chi connectivity index (χ4n) is 2.31. The number of amides is 1. The molecular weight excluding hydrogens is 330 g/mol. The first kappa shape index (κ1) is 16.1. The highest BCUT2D eigenvalue weighted by Crippen LogP contribution is 2.43. The highest BCUT2D eigenvalue weighted by Gasteiger charge is 2.32. The number of nitrogens with zero attached hydrogens (tertiary/aromatic N) is 2. The lowest BCUT2D eigenvalue weighted by molar-refractivity contribution is -0.402. The highest BCUT2D eigenvalue weighted by atomic mass is 32.2. The number of carbonyl (C=O) groups excluding carboxylic acids is 1. The Balaban J connectivity index is 1.75. The molecule has 1 aromatic heterocycles. The second kappa shape index (κ2) is 6.40. The number of hydrogen-bond donors (Lipinski definition) is 1. The van der Waals surface area contributed by atoms with Gasteiger partial charge in [0, 0.05) is 18.3 Å². The first-order chi connectivity index (χ1) is 11.5. The minimum absolute atomic E-state index is 0.181. The molecule has 0 saturated carbocycles. The van der Waals surface area contributed by atoms with Gasteiger partial charge >= 0.3 is 5.88 Å². The molecule has 1 aromatic carbocycles. The van der Waals surface area contributed by atoms with Crippen LogP contribution in [0.25, 0.3) is 4.91 Å². The van der Waals surface area contributed by atoms with Crippen LogP contribution in [0.5, 0.6) is 0 Å². The third-order valence-electron chi connectivity index (χ3n) is 3.73. The van der Waals surface area contributed by atoms with Crippen molar-refractivity contribution in [2.24, 2.45) is 0 Å². The Morgan fingerprint density at radius 2 is 2.00 bits per heavy atom. The number of nitro groups is 1. The zero-order chi connectivity index (χ0) is 17.3. The maximum Gasteiger partial charge on any atom is 0.433 e. The number of allylic oxidation sites excluding steroid dienone is 1. The lowest BCUT2D eigenvalue weighted by atomic mass is 10.2. The van der Waals surface area contributed by atoms with Crippen LogP contribution in [0.2, 0.25) is 0 Å². The summed E-state index contributed by atoms with van der Waals surface area (Å²) in [6.45, 7) is 1.88. The van der Waals surface area contributed by atoms with Gasteiger partial charge in [-0.15, -0.1) is 0 Å². The van der Waals surface area contributed by atoms with E-state index >= 15 is 0 Å². The number of rotatable bonds is 4. The second-order valence-corrected chi connectivity index (χ2v) is 6.32. The predicted octanol–water partition coefficient (Wildman–Crippen LogP) is 3.27. The Morgan fingerprint density at radius 3 is 2.62 bits per heavy atom. The summed E-state index contributed by atoms with van der Waals surface area (Å²) in [6.07, 6.45) is 0. The lowest BCUT2D eigenvalue weighted by Gasteiger charge is -2.23. The van der Waals surface area contributed by atoms with Crippen molar-refractivity contribution in [2.45, 2.75) is 12.4 Å². The van der Waals surface area contributed by atoms with Crippen LogP contribution in [0, 0.1) is 10.1 Å². The second-order valence-electron chi connectivity index (χ2n) is 5.23. The Kier molecular flexibility index (Phi) is 4.30. The molecule has 1 aliphatic heterocycles. The number of furan rings is 1. The Bertz CT molecular complexity index is 816. The van der Waals surface area contributed by atoms with Gasteiger partial charge in [0.25, 0.3) is 5.91 Å². The standard InChI is InChI=1S/C16H15N3O4S/c1-10-14(12-8-9-13(23-12)19(21)22)24-16(18(10)2)17-15(20)11-6-4-3-5-7-11/h3-9,16H,1-2H3,(H,17,20). The number of thioether (sulfide) groups is 1. The predicted molar refractivity (Wildman–Crippen MR) is 91.0 cm³/mol. The highest BCUT2D eigenvalue weighted by molar-refractivity contribution is 8.09. The molecule has 0 radical (unpaired) electrons. The minimum Gasteiger partial charge on any atom is -0.400 e. The van der Waals surface area contributed by atoms with Crippen molar-refractivity contribution in [1.29, 1.82) is 0 Å². The van der Waals surface area contributed by atoms with Crippen LogP contribution in [-0.4, -0.2) is 28.3 Å². The van der Waals surface area contributed by atoms with E-state index in [0.717, 1.165) is 10.6 Å². The van der Waals surface area contributed by atoms with Gasteiger partial charge < -0.3 is 14.6 Å². The fraction of sp³-hybridized carbons (Fsp3) is 0.188. The van der Waals surface area contributed by atoms with Crippen molar-refractivity contribution >= 4 is 28.5 Å². The summed E-state index contributed by atoms with van der Waals surface area (Å²) in [6, 6.07) is 11.8. The third kappa shape index (κ3) is 3.00. The molecule has 1 N–H and O–H groups in total. The monoisotopic (exact) mass is 345 g/mol. The average molecular weight is 345 g/mol. The van der Waals surface area contributed by atoms with E-state index in [1.54, 1.807) is 30.3 Å². The van der Waals surface area contributed by atoms with E-state index in [1.807, 2.05) is 24.9 Å². The summed E-state index contributed by atoms with van der Waals surface area (Å²) in [4.78, 5) is 25.2. The van der Waals surface area contributed by atoms with Gasteiger partial charge in [-0.3, -0.25) is 14.9 Å². The molecule has 1 unspecified atom stereocenters. The first-order valence-corrected chi connectivity index (χ1v) is 8.06. The first-order valence-electron chi connectivity index (χ1n) is 7.18. The van der Waals surface area contributed by atoms with E-state index in [-0.39, 0.29) is 17.3 Å². The smallest absolute Gasteiger partial charge is 0.400 e. The largest absolute Gasteiger partial charge is 0.433 e. The van der Waals surface area contributed by atoms with Crippen LogP contribution in [0.3, 0.4) is 0 Å². The van der Waals surface area contributed by atoms with Crippen molar-refractivity contribution in [3.05, 3.63) is 69.6 Å². The molecule has 0 fully saturated rings. The van der Waals surface area contributed by atoms with Gasteiger partial charge in [0.2, 0.25) is 0 Å². The molecule has 1 aliphatic rings. The molecule has 0 bridgehead atoms. The van der Waals surface area contributed by atoms with Crippen LogP contribution in [0.1, 0.15) is 23.0 Å². The molecule has 3 rings (SSSR count). The van der Waals surface area contributed by atoms with E-state index in [4.69, 9.17) is 4.42 Å². The molecule has 1 atom stereocenters. The number of benzene rings is 1. The zero-order valence-corrected chi connectivity index (χ0v) is 13.9. The molecule has 8 heteroatoms. The topological polar surface area (TPSA) is 88.6 Å². The van der Waals surface area contributed by atoms with E-state index in [2.05, 4.69) is 5.32 Å². The van der Waals surface area contributed by atoms with Crippen molar-refractivity contribution < 1.29 is 14.1 Å². The molecule has 0 saturated heterocycles. The van der Waals surface area contributed by atoms with Crippen molar-refractivity contribution in [3.8, 4) is 0 Å². The zero-order valence-electron chi connectivity index (χ0n) is 13.1. The van der Waals surface area contributed by atoms with Gasteiger partial charge in [-0.1, -0.05) is 30.0 Å². The Labute approximate surface area is 142 Å². The van der Waals surface area contributed by atoms with Gasteiger partial charge in [0.05, 0.1) is 11.0 Å². The normalized spacial score (nSPS) is 17.2. The number of hydrogen-bond acceptors (Lipinski definition) is 6. The lowest BCUT2D eigenvalue weighted by Crippen LogP contribution is -2.40. The van der Waals surface area contributed by atoms with Crippen molar-refractivity contribution in [3.63, 3.8) is 0 Å². The third-order valence-corrected chi connectivity index (χ3v) is 5.11. The summed E-state index contributed by atoms with van der Waals surface area (Å²) in [5.74, 6) is -0.0581. The molecule has 2 heterocycles. The van der Waals surface area contributed by atoms with E-state index < -0.39 is 4.92 Å². The molecule has 0 aliphatic carbocycles. The summed E-state index contributed by atoms with van der Waals surface area (Å²) < 4.78 is 5.27. The van der Waals surface area contributed by atoms with Crippen LogP contribution in [0.15, 0.2) is 52.6 Å². The summed E-state index contributed by atoms with van der Waals surface area (Å²) in [5.41, 5.74) is 1.14. The summed E-state index contributed by atoms with van der Waals surface area (Å²) in [5, 5.41) is 13.7. The van der Waals surface area contributed by atoms with Crippen molar-refractivity contribution in [2.75, 3.05) is 7.05 Å². The molecular formula is C16H15N3O4S. The molecule has 1 amide bonds. The molecule has 2 aromatic rings. The van der Waals surface area contributed by atoms with Gasteiger partial charge in [-0.2, -0.15) is 0 Å².